The molecule has 1 amide bonds. The van der Waals surface area contributed by atoms with Gasteiger partial charge in [-0.1, -0.05) is 31.2 Å². The van der Waals surface area contributed by atoms with Crippen LogP contribution in [0.3, 0.4) is 0 Å². The molecule has 0 radical (unpaired) electrons. The lowest BCUT2D eigenvalue weighted by Crippen LogP contribution is -2.45. The van der Waals surface area contributed by atoms with E-state index in [9.17, 15) is 4.79 Å². The first-order valence-corrected chi connectivity index (χ1v) is 10.1. The molecule has 164 valence electrons. The van der Waals surface area contributed by atoms with Crippen LogP contribution in [0.25, 0.3) is 0 Å². The average molecular weight is 517 g/mol. The van der Waals surface area contributed by atoms with Crippen LogP contribution in [-0.2, 0) is 22.6 Å². The summed E-state index contributed by atoms with van der Waals surface area (Å²) in [6.45, 7) is 9.47. The number of guanidine groups is 1. The third kappa shape index (κ3) is 9.31. The number of halogens is 1. The van der Waals surface area contributed by atoms with Crippen molar-refractivity contribution in [1.29, 1.82) is 0 Å². The fourth-order valence-electron chi connectivity index (χ4n) is 2.84. The Bertz CT molecular complexity index is 648. The lowest BCUT2D eigenvalue weighted by Gasteiger charge is -2.27. The molecule has 7 nitrogen and oxygen atoms in total. The summed E-state index contributed by atoms with van der Waals surface area (Å²) >= 11 is 0. The molecular weight excluding hydrogens is 481 g/mol. The Balaban J connectivity index is 0.00000420. The number of likely N-dealkylation sites (N-methyl/N-ethyl adjacent to an activating group) is 1. The van der Waals surface area contributed by atoms with E-state index < -0.39 is 0 Å². The Labute approximate surface area is 192 Å². The molecule has 1 aliphatic heterocycles. The molecule has 1 aromatic rings. The number of aliphatic imine (C=N–C) groups is 1. The van der Waals surface area contributed by atoms with Crippen molar-refractivity contribution in [2.45, 2.75) is 39.4 Å². The molecular formula is C21H36IN5O2. The van der Waals surface area contributed by atoms with Gasteiger partial charge in [-0.3, -0.25) is 9.69 Å². The second-order valence-corrected chi connectivity index (χ2v) is 7.42. The fraction of sp³-hybridized carbons (Fsp3) is 0.619. The summed E-state index contributed by atoms with van der Waals surface area (Å²) in [6.07, 6.45) is 0.982. The van der Waals surface area contributed by atoms with Crippen LogP contribution in [0.15, 0.2) is 29.3 Å². The summed E-state index contributed by atoms with van der Waals surface area (Å²) in [5.74, 6) is 0.692. The third-order valence-corrected chi connectivity index (χ3v) is 4.92. The van der Waals surface area contributed by atoms with Crippen molar-refractivity contribution in [1.82, 2.24) is 20.4 Å². The second-order valence-electron chi connectivity index (χ2n) is 7.42. The first kappa shape index (κ1) is 25.6. The van der Waals surface area contributed by atoms with Gasteiger partial charge in [-0.05, 0) is 24.5 Å². The maximum Gasteiger partial charge on any atom is 0.241 e. The lowest BCUT2D eigenvalue weighted by atomic mass is 10.1. The minimum atomic E-state index is 0. The van der Waals surface area contributed by atoms with Crippen LogP contribution in [0.5, 0.6) is 0 Å². The van der Waals surface area contributed by atoms with Crippen molar-refractivity contribution in [3.05, 3.63) is 35.4 Å². The number of nitrogens with one attached hydrogen (secondary N) is 2. The molecule has 1 atom stereocenters. The van der Waals surface area contributed by atoms with Gasteiger partial charge in [0.2, 0.25) is 5.91 Å². The second kappa shape index (κ2) is 13.8. The Morgan fingerprint density at radius 2 is 1.90 bits per heavy atom. The molecule has 8 heteroatoms. The number of morpholine rings is 1. The van der Waals surface area contributed by atoms with Crippen LogP contribution in [0.4, 0.5) is 0 Å². The number of amides is 1. The topological polar surface area (TPSA) is 69.2 Å². The van der Waals surface area contributed by atoms with Crippen molar-refractivity contribution in [3.8, 4) is 0 Å². The number of ether oxygens (including phenoxy) is 1. The molecule has 0 bridgehead atoms. The van der Waals surface area contributed by atoms with E-state index in [1.807, 2.05) is 0 Å². The highest BCUT2D eigenvalue weighted by atomic mass is 127. The molecule has 0 saturated carbocycles. The summed E-state index contributed by atoms with van der Waals surface area (Å²) in [7, 11) is 3.51. The highest BCUT2D eigenvalue weighted by Crippen LogP contribution is 2.14. The number of rotatable bonds is 8. The maximum atomic E-state index is 11.9. The monoisotopic (exact) mass is 517 g/mol. The van der Waals surface area contributed by atoms with Crippen molar-refractivity contribution in [3.63, 3.8) is 0 Å². The summed E-state index contributed by atoms with van der Waals surface area (Å²) in [4.78, 5) is 20.7. The Hall–Kier alpha value is -1.39. The summed E-state index contributed by atoms with van der Waals surface area (Å²) in [6, 6.07) is 8.72. The molecule has 2 N–H and O–H groups in total. The summed E-state index contributed by atoms with van der Waals surface area (Å²) < 4.78 is 5.45. The highest BCUT2D eigenvalue weighted by Gasteiger charge is 2.13. The van der Waals surface area contributed by atoms with Crippen molar-refractivity contribution < 1.29 is 9.53 Å². The van der Waals surface area contributed by atoms with Crippen LogP contribution in [-0.4, -0.2) is 74.7 Å². The minimum Gasteiger partial charge on any atom is -0.379 e. The van der Waals surface area contributed by atoms with Gasteiger partial charge >= 0.3 is 0 Å². The predicted octanol–water partition coefficient (Wildman–Crippen LogP) is 2.06. The van der Waals surface area contributed by atoms with E-state index in [-0.39, 0.29) is 42.5 Å². The zero-order valence-corrected chi connectivity index (χ0v) is 20.4. The average Bonchev–Trinajstić information content (AvgIpc) is 2.71. The summed E-state index contributed by atoms with van der Waals surface area (Å²) in [5, 5.41) is 6.53. The molecule has 0 aromatic heterocycles. The zero-order valence-electron chi connectivity index (χ0n) is 18.1. The number of benzene rings is 1. The zero-order chi connectivity index (χ0) is 20.4. The fourth-order valence-corrected chi connectivity index (χ4v) is 2.84. The van der Waals surface area contributed by atoms with E-state index in [1.54, 1.807) is 19.0 Å². The molecule has 1 fully saturated rings. The number of nitrogens with zero attached hydrogens (tertiary/aromatic N) is 3. The predicted molar refractivity (Wildman–Crippen MR) is 129 cm³/mol. The largest absolute Gasteiger partial charge is 0.379 e. The molecule has 0 aliphatic carbocycles. The Morgan fingerprint density at radius 1 is 1.24 bits per heavy atom. The third-order valence-electron chi connectivity index (χ3n) is 4.92. The van der Waals surface area contributed by atoms with Gasteiger partial charge in [-0.15, -0.1) is 24.0 Å². The van der Waals surface area contributed by atoms with Gasteiger partial charge in [0.1, 0.15) is 0 Å². The highest BCUT2D eigenvalue weighted by molar-refractivity contribution is 14.0. The van der Waals surface area contributed by atoms with E-state index in [4.69, 9.17) is 9.73 Å². The first-order valence-electron chi connectivity index (χ1n) is 10.1. The molecule has 1 saturated heterocycles. The lowest BCUT2D eigenvalue weighted by molar-refractivity contribution is -0.127. The number of hydrogen-bond donors (Lipinski definition) is 2. The van der Waals surface area contributed by atoms with Crippen molar-refractivity contribution in [2.75, 3.05) is 46.9 Å². The number of hydrogen-bond acceptors (Lipinski definition) is 4. The molecule has 1 unspecified atom stereocenters. The smallest absolute Gasteiger partial charge is 0.241 e. The quantitative estimate of drug-likeness (QED) is 0.314. The van der Waals surface area contributed by atoms with Crippen LogP contribution >= 0.6 is 24.0 Å². The van der Waals surface area contributed by atoms with Gasteiger partial charge in [0, 0.05) is 39.8 Å². The molecule has 2 rings (SSSR count). The van der Waals surface area contributed by atoms with E-state index in [0.717, 1.165) is 39.3 Å². The van der Waals surface area contributed by atoms with E-state index >= 15 is 0 Å². The Morgan fingerprint density at radius 3 is 2.52 bits per heavy atom. The summed E-state index contributed by atoms with van der Waals surface area (Å²) in [5.41, 5.74) is 2.50. The van der Waals surface area contributed by atoms with E-state index in [2.05, 4.69) is 53.6 Å². The van der Waals surface area contributed by atoms with Crippen molar-refractivity contribution in [2.24, 2.45) is 4.99 Å². The SMILES string of the molecule is CCC(C)NC(=NCc1ccccc1CN1CCOCC1)NCC(=O)N(C)C.I. The maximum absolute atomic E-state index is 11.9. The Kier molecular flexibility index (Phi) is 12.2. The van der Waals surface area contributed by atoms with Crippen LogP contribution in [0.2, 0.25) is 0 Å². The van der Waals surface area contributed by atoms with Gasteiger partial charge in [0.15, 0.2) is 5.96 Å². The standard InChI is InChI=1S/C21H35N5O2.HI/c1-5-17(2)24-21(23-15-20(27)25(3)4)22-14-18-8-6-7-9-19(18)16-26-10-12-28-13-11-26;/h6-9,17H,5,10-16H2,1-4H3,(H2,22,23,24);1H. The van der Waals surface area contributed by atoms with Gasteiger partial charge in [0.05, 0.1) is 26.3 Å². The van der Waals surface area contributed by atoms with E-state index in [0.29, 0.717) is 12.5 Å². The molecule has 1 aromatic carbocycles. The van der Waals surface area contributed by atoms with Gasteiger partial charge < -0.3 is 20.3 Å². The first-order chi connectivity index (χ1) is 13.5. The number of carbonyl (C=O) groups excluding carboxylic acids is 1. The van der Waals surface area contributed by atoms with Crippen LogP contribution in [0, 0.1) is 0 Å². The molecule has 1 heterocycles. The minimum absolute atomic E-state index is 0. The molecule has 1 aliphatic rings. The number of carbonyl (C=O) groups is 1. The van der Waals surface area contributed by atoms with Gasteiger partial charge in [0.25, 0.3) is 0 Å². The molecule has 29 heavy (non-hydrogen) atoms. The van der Waals surface area contributed by atoms with Crippen LogP contribution in [0.1, 0.15) is 31.4 Å². The molecule has 0 spiro atoms. The van der Waals surface area contributed by atoms with Gasteiger partial charge in [-0.2, -0.15) is 0 Å². The van der Waals surface area contributed by atoms with Gasteiger partial charge in [-0.25, -0.2) is 4.99 Å². The van der Waals surface area contributed by atoms with Crippen LogP contribution < -0.4 is 10.6 Å². The van der Waals surface area contributed by atoms with Crippen molar-refractivity contribution >= 4 is 35.8 Å². The van der Waals surface area contributed by atoms with E-state index in [1.165, 1.54) is 11.1 Å². The normalized spacial score (nSPS) is 15.9.